The molecule has 1 aromatic rings. The zero-order valence-electron chi connectivity index (χ0n) is 12.7. The van der Waals surface area contributed by atoms with Gasteiger partial charge >= 0.3 is 0 Å². The van der Waals surface area contributed by atoms with Crippen LogP contribution in [0.2, 0.25) is 0 Å². The molecule has 0 saturated carbocycles. The second-order valence-electron chi connectivity index (χ2n) is 5.11. The van der Waals surface area contributed by atoms with Gasteiger partial charge in [-0.25, -0.2) is 10.8 Å². The molecule has 0 aliphatic carbocycles. The molecule has 2 heterocycles. The lowest BCUT2D eigenvalue weighted by molar-refractivity contribution is -0.130. The summed E-state index contributed by atoms with van der Waals surface area (Å²) in [5.41, 5.74) is 11.6. The largest absolute Gasteiger partial charge is 0.343 e. The normalized spacial score (nSPS) is 15.9. The number of hydrogen-bond donors (Lipinski definition) is 2. The summed E-state index contributed by atoms with van der Waals surface area (Å²) in [5.74, 6) is 6.30. The Balaban J connectivity index is 1.95. The van der Waals surface area contributed by atoms with Gasteiger partial charge in [0.05, 0.1) is 10.6 Å². The van der Waals surface area contributed by atoms with Gasteiger partial charge < -0.3 is 10.3 Å². The van der Waals surface area contributed by atoms with Gasteiger partial charge in [0.25, 0.3) is 0 Å². The van der Waals surface area contributed by atoms with Crippen LogP contribution in [0.15, 0.2) is 34.2 Å². The maximum absolute atomic E-state index is 11.8. The summed E-state index contributed by atoms with van der Waals surface area (Å²) in [6, 6.07) is 3.91. The number of rotatable bonds is 5. The summed E-state index contributed by atoms with van der Waals surface area (Å²) in [6.07, 6.45) is 1.51. The van der Waals surface area contributed by atoms with Crippen molar-refractivity contribution in [2.45, 2.75) is 12.8 Å². The van der Waals surface area contributed by atoms with Crippen molar-refractivity contribution < 1.29 is 4.79 Å². The van der Waals surface area contributed by atoms with E-state index >= 15 is 0 Å². The van der Waals surface area contributed by atoms with Crippen molar-refractivity contribution in [3.05, 3.63) is 39.4 Å². The molecule has 122 valence electrons. The number of likely N-dealkylation sites (tertiary alicyclic amines) is 1. The number of amidine groups is 1. The number of nitrogens with zero attached hydrogens (tertiary/aromatic N) is 5. The molecular formula is C14H19N7OS. The molecule has 0 radical (unpaired) electrons. The first-order valence-corrected chi connectivity index (χ1v) is 8.10. The van der Waals surface area contributed by atoms with E-state index in [4.69, 9.17) is 11.4 Å². The van der Waals surface area contributed by atoms with Crippen LogP contribution in [-0.2, 0) is 4.79 Å². The highest BCUT2D eigenvalue weighted by atomic mass is 32.1. The SMILES string of the molecule is C=C(N=C(NN)C1CCN(C(=O)CN=[N+]=[N-])CC1)c1cccs1. The number of carbonyl (C=O) groups is 1. The highest BCUT2D eigenvalue weighted by molar-refractivity contribution is 7.11. The molecule has 2 rings (SSSR count). The first-order chi connectivity index (χ1) is 11.2. The van der Waals surface area contributed by atoms with Crippen LogP contribution in [0.25, 0.3) is 16.1 Å². The minimum absolute atomic E-state index is 0.133. The maximum Gasteiger partial charge on any atom is 0.228 e. The van der Waals surface area contributed by atoms with Gasteiger partial charge in [-0.15, -0.1) is 11.3 Å². The first kappa shape index (κ1) is 17.0. The summed E-state index contributed by atoms with van der Waals surface area (Å²) in [6.45, 7) is 5.03. The Morgan fingerprint density at radius 2 is 2.30 bits per heavy atom. The van der Waals surface area contributed by atoms with Crippen LogP contribution in [-0.4, -0.2) is 36.3 Å². The molecule has 1 aliphatic heterocycles. The summed E-state index contributed by atoms with van der Waals surface area (Å²) >= 11 is 1.57. The van der Waals surface area contributed by atoms with Crippen LogP contribution in [0.4, 0.5) is 0 Å². The number of nitrogens with two attached hydrogens (primary N) is 1. The van der Waals surface area contributed by atoms with Crippen molar-refractivity contribution in [2.24, 2.45) is 21.9 Å². The monoisotopic (exact) mass is 333 g/mol. The van der Waals surface area contributed by atoms with Gasteiger partial charge in [0.2, 0.25) is 5.91 Å². The van der Waals surface area contributed by atoms with Crippen LogP contribution in [0.1, 0.15) is 17.7 Å². The number of thiophene rings is 1. The van der Waals surface area contributed by atoms with Gasteiger partial charge in [0.1, 0.15) is 12.4 Å². The number of hydrogen-bond acceptors (Lipinski definition) is 5. The van der Waals surface area contributed by atoms with E-state index in [0.717, 1.165) is 17.7 Å². The van der Waals surface area contributed by atoms with Crippen molar-refractivity contribution in [3.8, 4) is 0 Å². The Hall–Kier alpha value is -2.35. The fraction of sp³-hybridized carbons (Fsp3) is 0.429. The number of piperidine rings is 1. The quantitative estimate of drug-likeness (QED) is 0.163. The summed E-state index contributed by atoms with van der Waals surface area (Å²) in [4.78, 5) is 21.6. The van der Waals surface area contributed by atoms with E-state index in [1.165, 1.54) is 0 Å². The standard InChI is InChI=1S/C14H19N7OS/c1-10(12-3-2-8-23-12)18-14(19-15)11-4-6-21(7-5-11)13(22)9-17-20-16/h2-3,8,11H,1,4-7,9,15H2,(H,18,19). The van der Waals surface area contributed by atoms with Gasteiger partial charge in [0.15, 0.2) is 0 Å². The highest BCUT2D eigenvalue weighted by Crippen LogP contribution is 2.23. The fourth-order valence-electron chi connectivity index (χ4n) is 2.48. The molecule has 0 unspecified atom stereocenters. The molecule has 23 heavy (non-hydrogen) atoms. The maximum atomic E-state index is 11.8. The molecule has 8 nitrogen and oxygen atoms in total. The Labute approximate surface area is 138 Å². The molecule has 1 saturated heterocycles. The van der Waals surface area contributed by atoms with Crippen molar-refractivity contribution >= 4 is 28.8 Å². The van der Waals surface area contributed by atoms with Gasteiger partial charge in [0, 0.05) is 23.9 Å². The second-order valence-corrected chi connectivity index (χ2v) is 6.06. The minimum atomic E-state index is -0.150. The van der Waals surface area contributed by atoms with Gasteiger partial charge in [-0.3, -0.25) is 4.79 Å². The number of aliphatic imine (C=N–C) groups is 1. The lowest BCUT2D eigenvalue weighted by atomic mass is 9.95. The molecule has 9 heteroatoms. The van der Waals surface area contributed by atoms with E-state index in [1.807, 2.05) is 17.5 Å². The molecule has 1 fully saturated rings. The zero-order chi connectivity index (χ0) is 16.7. The number of hydrazine groups is 1. The van der Waals surface area contributed by atoms with E-state index in [2.05, 4.69) is 27.0 Å². The summed E-state index contributed by atoms with van der Waals surface area (Å²) in [7, 11) is 0. The predicted octanol–water partition coefficient (Wildman–Crippen LogP) is 2.13. The third-order valence-corrected chi connectivity index (χ3v) is 4.63. The predicted molar refractivity (Wildman–Crippen MR) is 91.4 cm³/mol. The first-order valence-electron chi connectivity index (χ1n) is 7.22. The zero-order valence-corrected chi connectivity index (χ0v) is 13.5. The molecule has 1 aliphatic rings. The van der Waals surface area contributed by atoms with Gasteiger partial charge in [-0.1, -0.05) is 17.8 Å². The van der Waals surface area contributed by atoms with Gasteiger partial charge in [-0.05, 0) is 29.8 Å². The van der Waals surface area contributed by atoms with Gasteiger partial charge in [-0.2, -0.15) is 0 Å². The van der Waals surface area contributed by atoms with Crippen molar-refractivity contribution in [1.82, 2.24) is 10.3 Å². The smallest absolute Gasteiger partial charge is 0.228 e. The fourth-order valence-corrected chi connectivity index (χ4v) is 3.12. The van der Waals surface area contributed by atoms with Crippen molar-refractivity contribution in [3.63, 3.8) is 0 Å². The Bertz CT molecular complexity index is 626. The molecule has 1 aromatic heterocycles. The summed E-state index contributed by atoms with van der Waals surface area (Å²) in [5, 5.41) is 5.28. The van der Waals surface area contributed by atoms with Crippen molar-refractivity contribution in [2.75, 3.05) is 19.6 Å². The number of carbonyl (C=O) groups excluding carboxylic acids is 1. The average Bonchev–Trinajstić information content (AvgIpc) is 3.12. The topological polar surface area (TPSA) is 119 Å². The average molecular weight is 333 g/mol. The summed E-state index contributed by atoms with van der Waals surface area (Å²) < 4.78 is 0. The number of amides is 1. The Morgan fingerprint density at radius 3 is 2.87 bits per heavy atom. The van der Waals surface area contributed by atoms with Crippen LogP contribution in [0, 0.1) is 5.92 Å². The molecule has 3 N–H and O–H groups in total. The molecule has 0 bridgehead atoms. The van der Waals surface area contributed by atoms with E-state index in [0.29, 0.717) is 24.6 Å². The molecule has 1 amide bonds. The van der Waals surface area contributed by atoms with Crippen molar-refractivity contribution in [1.29, 1.82) is 0 Å². The van der Waals surface area contributed by atoms with E-state index < -0.39 is 0 Å². The van der Waals surface area contributed by atoms with E-state index in [9.17, 15) is 4.79 Å². The highest BCUT2D eigenvalue weighted by Gasteiger charge is 2.25. The van der Waals surface area contributed by atoms with Crippen LogP contribution in [0.5, 0.6) is 0 Å². The van der Waals surface area contributed by atoms with Crippen LogP contribution in [0.3, 0.4) is 0 Å². The molecule has 0 atom stereocenters. The Morgan fingerprint density at radius 1 is 1.57 bits per heavy atom. The number of nitrogens with one attached hydrogen (secondary N) is 1. The van der Waals surface area contributed by atoms with Crippen LogP contribution >= 0.6 is 11.3 Å². The third-order valence-electron chi connectivity index (χ3n) is 3.71. The molecular weight excluding hydrogens is 314 g/mol. The van der Waals surface area contributed by atoms with E-state index in [1.54, 1.807) is 16.2 Å². The van der Waals surface area contributed by atoms with Crippen LogP contribution < -0.4 is 11.3 Å². The third kappa shape index (κ3) is 4.56. The lowest BCUT2D eigenvalue weighted by Crippen LogP contribution is -2.45. The molecule has 0 spiro atoms. The Kier molecular flexibility index (Phi) is 6.16. The molecule has 0 aromatic carbocycles. The minimum Gasteiger partial charge on any atom is -0.343 e. The lowest BCUT2D eigenvalue weighted by Gasteiger charge is -2.32. The number of azide groups is 1. The second kappa shape index (κ2) is 8.33. The van der Waals surface area contributed by atoms with E-state index in [-0.39, 0.29) is 18.4 Å².